The van der Waals surface area contributed by atoms with Crippen molar-refractivity contribution in [1.82, 2.24) is 14.4 Å². The fraction of sp³-hybridized carbons (Fsp3) is 0.458. The molecule has 0 spiro atoms. The third kappa shape index (κ3) is 3.02. The summed E-state index contributed by atoms with van der Waals surface area (Å²) in [6.07, 6.45) is 1.11. The number of nitrogens with zero attached hydrogens (tertiary/aromatic N) is 3. The minimum atomic E-state index is -0.564. The highest BCUT2D eigenvalue weighted by Crippen LogP contribution is 2.49. The molecule has 1 fully saturated rings. The zero-order chi connectivity index (χ0) is 21.7. The van der Waals surface area contributed by atoms with Crippen molar-refractivity contribution < 1.29 is 14.7 Å². The Balaban J connectivity index is 1.56. The summed E-state index contributed by atoms with van der Waals surface area (Å²) in [6.45, 7) is 3.07. The average molecular weight is 421 g/mol. The molecule has 5 rings (SSSR count). The number of aliphatic hydroxyl groups is 1. The topological polar surface area (TPSA) is 82.9 Å². The van der Waals surface area contributed by atoms with Crippen LogP contribution in [0.4, 0.5) is 0 Å². The Kier molecular flexibility index (Phi) is 4.93. The number of hydrogen-bond donors (Lipinski definition) is 1. The Morgan fingerprint density at radius 1 is 1.10 bits per heavy atom. The maximum Gasteiger partial charge on any atom is 0.250 e. The molecule has 0 unspecified atom stereocenters. The lowest BCUT2D eigenvalue weighted by molar-refractivity contribution is -0.140. The van der Waals surface area contributed by atoms with Crippen molar-refractivity contribution >= 4 is 11.8 Å². The molecule has 3 aliphatic heterocycles. The van der Waals surface area contributed by atoms with Gasteiger partial charge in [0, 0.05) is 50.3 Å². The van der Waals surface area contributed by atoms with Gasteiger partial charge in [-0.15, -0.1) is 0 Å². The van der Waals surface area contributed by atoms with Crippen LogP contribution in [0.3, 0.4) is 0 Å². The highest BCUT2D eigenvalue weighted by molar-refractivity contribution is 5.84. The lowest BCUT2D eigenvalue weighted by Gasteiger charge is -2.38. The molecular formula is C24H27N3O4. The van der Waals surface area contributed by atoms with Gasteiger partial charge in [-0.2, -0.15) is 0 Å². The van der Waals surface area contributed by atoms with Crippen LogP contribution in [0.2, 0.25) is 0 Å². The van der Waals surface area contributed by atoms with Gasteiger partial charge in [-0.3, -0.25) is 14.4 Å². The molecule has 7 heteroatoms. The summed E-state index contributed by atoms with van der Waals surface area (Å²) in [6, 6.07) is 12.3. The van der Waals surface area contributed by atoms with E-state index < -0.39 is 17.9 Å². The van der Waals surface area contributed by atoms with E-state index >= 15 is 0 Å². The largest absolute Gasteiger partial charge is 0.396 e. The molecular weight excluding hydrogens is 394 g/mol. The zero-order valence-corrected chi connectivity index (χ0v) is 17.6. The van der Waals surface area contributed by atoms with Gasteiger partial charge in [-0.05, 0) is 23.6 Å². The number of hydrogen-bond acceptors (Lipinski definition) is 4. The lowest BCUT2D eigenvalue weighted by Crippen LogP contribution is -2.49. The minimum Gasteiger partial charge on any atom is -0.396 e. The van der Waals surface area contributed by atoms with Crippen LogP contribution < -0.4 is 5.56 Å². The van der Waals surface area contributed by atoms with Gasteiger partial charge in [0.05, 0.1) is 18.0 Å². The normalized spacial score (nSPS) is 26.4. The number of rotatable bonds is 3. The second kappa shape index (κ2) is 7.64. The van der Waals surface area contributed by atoms with Gasteiger partial charge in [-0.1, -0.05) is 37.3 Å². The molecule has 3 aliphatic rings. The first-order valence-corrected chi connectivity index (χ1v) is 11.0. The van der Waals surface area contributed by atoms with Crippen LogP contribution in [0, 0.1) is 11.8 Å². The summed E-state index contributed by atoms with van der Waals surface area (Å²) in [7, 11) is 0. The van der Waals surface area contributed by atoms with Crippen molar-refractivity contribution in [3.8, 4) is 0 Å². The van der Waals surface area contributed by atoms with Crippen LogP contribution in [0.1, 0.15) is 36.2 Å². The number of amides is 2. The van der Waals surface area contributed by atoms with Crippen molar-refractivity contribution in [3.05, 3.63) is 69.6 Å². The highest BCUT2D eigenvalue weighted by Gasteiger charge is 2.57. The maximum atomic E-state index is 13.9. The molecule has 4 atom stereocenters. The van der Waals surface area contributed by atoms with E-state index in [2.05, 4.69) is 6.07 Å². The standard InChI is InChI=1S/C24H27N3O4/c1-2-20(29)27-19-13-26-18(8-5-9-21(26)30)23(27)22(17(19)14-28)24(31)25-11-10-15-6-3-4-7-16(15)12-25/h3-9,17,19,22-23,28H,2,10-14H2,1H3/t17-,19-,22+,23+/m1/s1. The van der Waals surface area contributed by atoms with E-state index in [4.69, 9.17) is 0 Å². The third-order valence-corrected chi connectivity index (χ3v) is 7.24. The van der Waals surface area contributed by atoms with Crippen molar-refractivity contribution in [2.24, 2.45) is 11.8 Å². The Morgan fingerprint density at radius 2 is 1.87 bits per heavy atom. The van der Waals surface area contributed by atoms with Crippen molar-refractivity contribution in [3.63, 3.8) is 0 Å². The van der Waals surface area contributed by atoms with Crippen LogP contribution in [-0.2, 0) is 29.1 Å². The zero-order valence-electron chi connectivity index (χ0n) is 17.6. The van der Waals surface area contributed by atoms with Crippen molar-refractivity contribution in [2.75, 3.05) is 13.2 Å². The summed E-state index contributed by atoms with van der Waals surface area (Å²) in [5, 5.41) is 10.3. The van der Waals surface area contributed by atoms with Gasteiger partial charge >= 0.3 is 0 Å². The first-order chi connectivity index (χ1) is 15.0. The van der Waals surface area contributed by atoms with Crippen LogP contribution in [0.25, 0.3) is 0 Å². The van der Waals surface area contributed by atoms with E-state index in [0.717, 1.165) is 12.0 Å². The summed E-state index contributed by atoms with van der Waals surface area (Å²) < 4.78 is 1.68. The van der Waals surface area contributed by atoms with E-state index in [9.17, 15) is 19.5 Å². The monoisotopic (exact) mass is 421 g/mol. The number of aromatic nitrogens is 1. The van der Waals surface area contributed by atoms with E-state index in [1.54, 1.807) is 22.5 Å². The second-order valence-corrected chi connectivity index (χ2v) is 8.72. The summed E-state index contributed by atoms with van der Waals surface area (Å²) in [5.74, 6) is -1.05. The average Bonchev–Trinajstić information content (AvgIpc) is 3.04. The van der Waals surface area contributed by atoms with Crippen LogP contribution in [0.5, 0.6) is 0 Å². The summed E-state index contributed by atoms with van der Waals surface area (Å²) in [5.41, 5.74) is 2.96. The first-order valence-electron chi connectivity index (χ1n) is 11.0. The SMILES string of the molecule is CCC(=O)N1[C@@H]2Cn3c(cccc3=O)[C@H]1[C@@H](C(=O)N1CCc3ccccc3C1)[C@@H]2CO. The summed E-state index contributed by atoms with van der Waals surface area (Å²) in [4.78, 5) is 43.0. The van der Waals surface area contributed by atoms with Gasteiger partial charge in [0.1, 0.15) is 0 Å². The molecule has 0 saturated carbocycles. The molecule has 31 heavy (non-hydrogen) atoms. The molecule has 4 heterocycles. The Hall–Kier alpha value is -2.93. The van der Waals surface area contributed by atoms with E-state index in [1.165, 1.54) is 11.6 Å². The number of pyridine rings is 1. The Labute approximate surface area is 180 Å². The number of carbonyl (C=O) groups excluding carboxylic acids is 2. The molecule has 1 aromatic heterocycles. The van der Waals surface area contributed by atoms with Gasteiger partial charge in [0.2, 0.25) is 11.8 Å². The van der Waals surface area contributed by atoms with E-state index in [-0.39, 0.29) is 30.0 Å². The maximum absolute atomic E-state index is 13.9. The molecule has 1 saturated heterocycles. The molecule has 1 N–H and O–H groups in total. The fourth-order valence-electron chi connectivity index (χ4n) is 5.76. The number of benzene rings is 1. The van der Waals surface area contributed by atoms with E-state index in [0.29, 0.717) is 31.7 Å². The molecule has 0 aliphatic carbocycles. The first kappa shape index (κ1) is 20.0. The predicted octanol–water partition coefficient (Wildman–Crippen LogP) is 1.33. The second-order valence-electron chi connectivity index (χ2n) is 8.72. The fourth-order valence-corrected chi connectivity index (χ4v) is 5.76. The molecule has 2 amide bonds. The van der Waals surface area contributed by atoms with Gasteiger partial charge in [-0.25, -0.2) is 0 Å². The quantitative estimate of drug-likeness (QED) is 0.811. The highest BCUT2D eigenvalue weighted by atomic mass is 16.3. The van der Waals surface area contributed by atoms with Crippen LogP contribution in [0.15, 0.2) is 47.3 Å². The van der Waals surface area contributed by atoms with E-state index in [1.807, 2.05) is 29.2 Å². The predicted molar refractivity (Wildman–Crippen MR) is 114 cm³/mol. The van der Waals surface area contributed by atoms with Crippen LogP contribution in [-0.4, -0.2) is 50.5 Å². The van der Waals surface area contributed by atoms with Crippen molar-refractivity contribution in [2.45, 2.75) is 44.9 Å². The molecule has 0 radical (unpaired) electrons. The number of fused-ring (bicyclic) bond motifs is 5. The molecule has 2 bridgehead atoms. The summed E-state index contributed by atoms with van der Waals surface area (Å²) >= 11 is 0. The lowest BCUT2D eigenvalue weighted by atomic mass is 9.85. The van der Waals surface area contributed by atoms with Crippen molar-refractivity contribution in [1.29, 1.82) is 0 Å². The van der Waals surface area contributed by atoms with Gasteiger partial charge in [0.15, 0.2) is 0 Å². The molecule has 2 aromatic rings. The third-order valence-electron chi connectivity index (χ3n) is 7.24. The van der Waals surface area contributed by atoms with Gasteiger partial charge < -0.3 is 19.5 Å². The smallest absolute Gasteiger partial charge is 0.250 e. The Morgan fingerprint density at radius 3 is 2.61 bits per heavy atom. The minimum absolute atomic E-state index is 0.0419. The number of carbonyl (C=O) groups is 2. The molecule has 162 valence electrons. The van der Waals surface area contributed by atoms with Gasteiger partial charge in [0.25, 0.3) is 5.56 Å². The van der Waals surface area contributed by atoms with Crippen LogP contribution >= 0.6 is 0 Å². The number of aliphatic hydroxyl groups excluding tert-OH is 1. The molecule has 1 aromatic carbocycles. The Bertz CT molecular complexity index is 1090. The molecule has 7 nitrogen and oxygen atoms in total.